The standard InChI is InChI=1S/C26H25N3O4S2.C26H23N3O3S.2C25H22N4O3S/c1-19-8-10-21(18-24(19)26-15-9-20-6-2-3-7-25(20)27-26)28-35(32,33)23-13-11-22(12-14-23)29-16-4-5-17-34(29,30)31;30-26(20-10-13-23(14-11-20)29-16-3-4-17-33(29,31)32)27-22-8-5-7-21(18-22)25-15-12-19-6-1-2-9-24(19)28-25;30-25(18-8-10-21(11-9-18)29-15-1-2-16-33(29,31)32)28-20-6-3-5-19(17-20)24-22-7-4-13-26-23(22)12-14-27-24;30-25(18-6-9-22(10-7-18)29-14-1-2-15-33(29,31)32)27-21-5-3-4-19(16-21)23-11-8-20-17-26-13-12-24(20)28-23/h2-3,6-15,18,28H,4-5,16-17H2,1H3;1-2,5-15,18H,3-4,16-17H2,(H,27,30);3-14,17H,1-2,15-16H2,(H,28,30);3-13,16-17H,1-2,14-15H2,(H,27,30). The number of pyridine rings is 6. The lowest BCUT2D eigenvalue weighted by atomic mass is 10.0. The van der Waals surface area contributed by atoms with Gasteiger partial charge >= 0.3 is 0 Å². The van der Waals surface area contributed by atoms with Crippen LogP contribution in [0.4, 0.5) is 45.5 Å². The minimum absolute atomic E-state index is 0.0570. The van der Waals surface area contributed by atoms with Crippen LogP contribution in [-0.2, 0) is 50.1 Å². The highest BCUT2D eigenvalue weighted by Crippen LogP contribution is 2.36. The van der Waals surface area contributed by atoms with Crippen molar-refractivity contribution in [2.75, 3.05) is 87.1 Å². The number of carbonyl (C=O) groups is 3. The fraction of sp³-hybridized carbons (Fsp3) is 0.167. The molecule has 0 saturated carbocycles. The predicted octanol–water partition coefficient (Wildman–Crippen LogP) is 19.0. The van der Waals surface area contributed by atoms with E-state index in [2.05, 4.69) is 40.6 Å². The van der Waals surface area contributed by atoms with Gasteiger partial charge in [0.25, 0.3) is 27.7 Å². The molecule has 0 aliphatic carbocycles. The van der Waals surface area contributed by atoms with Crippen molar-refractivity contribution in [3.05, 3.63) is 344 Å². The number of hydrogen-bond donors (Lipinski definition) is 4. The summed E-state index contributed by atoms with van der Waals surface area (Å²) in [4.78, 5) is 65.6. The first-order valence-corrected chi connectivity index (χ1v) is 51.6. The Balaban J connectivity index is 0.000000124. The van der Waals surface area contributed by atoms with Gasteiger partial charge in [0.1, 0.15) is 0 Å². The van der Waals surface area contributed by atoms with Gasteiger partial charge in [0.2, 0.25) is 40.1 Å². The second-order valence-electron chi connectivity index (χ2n) is 32.5. The van der Waals surface area contributed by atoms with E-state index >= 15 is 0 Å². The molecule has 3 amide bonds. The Morgan fingerprint density at radius 2 is 0.724 bits per heavy atom. The molecular formula is C102H92N14O13S5. The van der Waals surface area contributed by atoms with E-state index in [0.29, 0.717) is 114 Å². The lowest BCUT2D eigenvalue weighted by Crippen LogP contribution is -2.37. The van der Waals surface area contributed by atoms with Crippen molar-refractivity contribution in [3.8, 4) is 45.0 Å². The van der Waals surface area contributed by atoms with Crippen molar-refractivity contribution < 1.29 is 56.5 Å². The maximum Gasteiger partial charge on any atom is 0.261 e. The summed E-state index contributed by atoms with van der Waals surface area (Å²) in [6.07, 6.45) is 12.9. The van der Waals surface area contributed by atoms with Crippen molar-refractivity contribution in [1.82, 2.24) is 29.9 Å². The highest BCUT2D eigenvalue weighted by atomic mass is 32.2. The van der Waals surface area contributed by atoms with Gasteiger partial charge in [0.05, 0.1) is 95.5 Å². The van der Waals surface area contributed by atoms with Gasteiger partial charge in [-0.3, -0.25) is 51.3 Å². The van der Waals surface area contributed by atoms with Crippen LogP contribution in [0.15, 0.2) is 327 Å². The summed E-state index contributed by atoms with van der Waals surface area (Å²) in [5.74, 6) is -0.201. The van der Waals surface area contributed by atoms with Gasteiger partial charge in [-0.15, -0.1) is 0 Å². The van der Waals surface area contributed by atoms with Crippen molar-refractivity contribution in [1.29, 1.82) is 0 Å². The first-order chi connectivity index (χ1) is 64.7. The van der Waals surface area contributed by atoms with Gasteiger partial charge in [-0.1, -0.05) is 91.0 Å². The van der Waals surface area contributed by atoms with Crippen LogP contribution < -0.4 is 37.9 Å². The number of rotatable bonds is 17. The molecule has 4 fully saturated rings. The van der Waals surface area contributed by atoms with E-state index in [9.17, 15) is 56.5 Å². The largest absolute Gasteiger partial charge is 0.322 e. The molecule has 134 heavy (non-hydrogen) atoms. The molecule has 20 rings (SSSR count). The minimum Gasteiger partial charge on any atom is -0.322 e. The van der Waals surface area contributed by atoms with Crippen LogP contribution in [0.25, 0.3) is 88.6 Å². The summed E-state index contributed by atoms with van der Waals surface area (Å²) < 4.78 is 133. The summed E-state index contributed by atoms with van der Waals surface area (Å²) in [5.41, 5.74) is 17.1. The Bertz CT molecular complexity index is 7510. The van der Waals surface area contributed by atoms with Gasteiger partial charge in [-0.2, -0.15) is 0 Å². The van der Waals surface area contributed by atoms with Crippen molar-refractivity contribution >= 4 is 157 Å². The maximum atomic E-state index is 13.1. The quantitative estimate of drug-likeness (QED) is 0.0658. The number of benzene rings is 10. The molecule has 0 bridgehead atoms. The van der Waals surface area contributed by atoms with E-state index in [1.54, 1.807) is 110 Å². The summed E-state index contributed by atoms with van der Waals surface area (Å²) >= 11 is 0. The zero-order valence-electron chi connectivity index (χ0n) is 72.7. The summed E-state index contributed by atoms with van der Waals surface area (Å²) in [6.45, 7) is 3.78. The summed E-state index contributed by atoms with van der Waals surface area (Å²) in [7, 11) is -17.1. The first kappa shape index (κ1) is 91.2. The number of hydrogen-bond acceptors (Lipinski definition) is 19. The van der Waals surface area contributed by atoms with E-state index in [0.717, 1.165) is 120 Å². The molecule has 32 heteroatoms. The number of amides is 3. The zero-order chi connectivity index (χ0) is 93.1. The molecule has 27 nitrogen and oxygen atoms in total. The van der Waals surface area contributed by atoms with Crippen molar-refractivity contribution in [2.45, 2.75) is 63.2 Å². The Morgan fingerprint density at radius 3 is 1.18 bits per heavy atom. The average molecular weight is 1880 g/mol. The third-order valence-electron chi connectivity index (χ3n) is 23.3. The number of fused-ring (bicyclic) bond motifs is 4. The first-order valence-electron chi connectivity index (χ1n) is 43.7. The van der Waals surface area contributed by atoms with E-state index in [4.69, 9.17) is 9.97 Å². The molecule has 4 aliphatic heterocycles. The van der Waals surface area contributed by atoms with Gasteiger partial charge in [-0.05, 0) is 270 Å². The van der Waals surface area contributed by atoms with Gasteiger partial charge < -0.3 is 16.0 Å². The topological polar surface area (TPSA) is 360 Å². The smallest absolute Gasteiger partial charge is 0.261 e. The molecule has 0 atom stereocenters. The number of nitrogens with zero attached hydrogens (tertiary/aromatic N) is 10. The van der Waals surface area contributed by atoms with Gasteiger partial charge in [-0.25, -0.2) is 57.0 Å². The number of aryl methyl sites for hydroxylation is 1. The molecular weight excluding hydrogens is 1790 g/mol. The van der Waals surface area contributed by atoms with E-state index in [-0.39, 0.29) is 45.6 Å². The normalized spacial score (nSPS) is 15.4. The molecule has 16 aromatic rings. The molecule has 10 aromatic carbocycles. The molecule has 10 heterocycles. The lowest BCUT2D eigenvalue weighted by Gasteiger charge is -2.28. The summed E-state index contributed by atoms with van der Waals surface area (Å²) in [5, 5.41) is 12.8. The van der Waals surface area contributed by atoms with E-state index in [1.165, 1.54) is 41.5 Å². The van der Waals surface area contributed by atoms with Crippen LogP contribution >= 0.6 is 0 Å². The number of sulfonamides is 5. The Hall–Kier alpha value is -14.7. The van der Waals surface area contributed by atoms with Crippen molar-refractivity contribution in [2.24, 2.45) is 0 Å². The Morgan fingerprint density at radius 1 is 0.328 bits per heavy atom. The van der Waals surface area contributed by atoms with Crippen LogP contribution in [0.2, 0.25) is 0 Å². The number of nitrogens with one attached hydrogen (secondary N) is 4. The van der Waals surface area contributed by atoms with Crippen LogP contribution in [0.1, 0.15) is 88.0 Å². The third kappa shape index (κ3) is 21.4. The Labute approximate surface area is 777 Å². The molecule has 4 saturated heterocycles. The second kappa shape index (κ2) is 39.8. The van der Waals surface area contributed by atoms with E-state index in [1.807, 2.05) is 195 Å². The van der Waals surface area contributed by atoms with Gasteiger partial charge in [0.15, 0.2) is 0 Å². The highest BCUT2D eigenvalue weighted by molar-refractivity contribution is 7.94. The lowest BCUT2D eigenvalue weighted by molar-refractivity contribution is 0.101. The number of anilines is 8. The monoisotopic (exact) mass is 1880 g/mol. The number of carbonyl (C=O) groups excluding carboxylic acids is 3. The average Bonchev–Trinajstić information content (AvgIpc) is 0.799. The minimum atomic E-state index is -3.87. The molecule has 4 aliphatic rings. The fourth-order valence-corrected chi connectivity index (χ4v) is 23.9. The third-order valence-corrected chi connectivity index (χ3v) is 32.2. The van der Waals surface area contributed by atoms with Gasteiger partial charge in [0, 0.05) is 134 Å². The summed E-state index contributed by atoms with van der Waals surface area (Å²) in [6, 6.07) is 89.1. The molecule has 6 aromatic heterocycles. The second-order valence-corrected chi connectivity index (χ2v) is 42.3. The van der Waals surface area contributed by atoms with Crippen LogP contribution in [0.5, 0.6) is 0 Å². The van der Waals surface area contributed by atoms with E-state index < -0.39 is 50.1 Å². The van der Waals surface area contributed by atoms with Crippen LogP contribution in [0.3, 0.4) is 0 Å². The predicted molar refractivity (Wildman–Crippen MR) is 531 cm³/mol. The SMILES string of the molecule is Cc1ccc(NS(=O)(=O)c2ccc(N3CCCCS3(=O)=O)cc2)cc1-c1ccc2ccccc2n1.O=C(Nc1cccc(-c2ccc3ccccc3n2)c1)c1ccc(N2CCCCS2(=O)=O)cc1.O=C(Nc1cccc(-c2ccc3cnccc3n2)c1)c1ccc(N2CCCCS2(=O)=O)cc1.O=C(Nc1cccc(-c2nccc3ncccc23)c1)c1ccc(N2CCCCS2(=O)=O)cc1. The molecule has 4 N–H and O–H groups in total. The van der Waals surface area contributed by atoms with Crippen LogP contribution in [-0.4, -0.2) is 139 Å². The maximum absolute atomic E-state index is 13.1. The van der Waals surface area contributed by atoms with Crippen LogP contribution in [0, 0.1) is 6.92 Å². The zero-order valence-corrected chi connectivity index (χ0v) is 76.8. The Kier molecular flexibility index (Phi) is 27.1. The molecule has 0 spiro atoms. The number of para-hydroxylation sites is 2. The molecule has 0 radical (unpaired) electrons. The molecule has 0 unspecified atom stereocenters. The molecule has 678 valence electrons. The van der Waals surface area contributed by atoms with Crippen molar-refractivity contribution in [3.63, 3.8) is 0 Å². The fourth-order valence-electron chi connectivity index (χ4n) is 16.3. The number of aromatic nitrogens is 6. The highest BCUT2D eigenvalue weighted by Gasteiger charge is 2.31.